The minimum Gasteiger partial charge on any atom is -0.323 e. The van der Waals surface area contributed by atoms with Crippen molar-refractivity contribution in [1.29, 1.82) is 0 Å². The highest BCUT2D eigenvalue weighted by Crippen LogP contribution is 2.31. The fourth-order valence-corrected chi connectivity index (χ4v) is 2.39. The topological polar surface area (TPSA) is 54.7 Å². The van der Waals surface area contributed by atoms with Crippen molar-refractivity contribution in [3.8, 4) is 0 Å². The third-order valence-corrected chi connectivity index (χ3v) is 3.38. The van der Waals surface area contributed by atoms with Gasteiger partial charge in [0.1, 0.15) is 0 Å². The van der Waals surface area contributed by atoms with Crippen LogP contribution in [0.3, 0.4) is 0 Å². The minimum absolute atomic E-state index is 0.0424. The summed E-state index contributed by atoms with van der Waals surface area (Å²) in [5.74, 6) is 0.687. The first-order valence-corrected chi connectivity index (χ1v) is 6.08. The van der Waals surface area contributed by atoms with E-state index in [-0.39, 0.29) is 6.04 Å². The maximum atomic E-state index is 5.80. The van der Waals surface area contributed by atoms with E-state index in [1.807, 2.05) is 6.92 Å². The maximum Gasteiger partial charge on any atom is 0.0789 e. The Balaban J connectivity index is 2.06. The second kappa shape index (κ2) is 4.79. The third kappa shape index (κ3) is 2.59. The largest absolute Gasteiger partial charge is 0.323 e. The van der Waals surface area contributed by atoms with E-state index in [0.717, 1.165) is 5.69 Å². The van der Waals surface area contributed by atoms with E-state index >= 15 is 0 Å². The monoisotopic (exact) mass is 207 g/mol. The second-order valence-electron chi connectivity index (χ2n) is 4.73. The molecule has 1 aromatic rings. The van der Waals surface area contributed by atoms with Gasteiger partial charge in [-0.3, -0.25) is 5.10 Å². The van der Waals surface area contributed by atoms with Crippen LogP contribution >= 0.6 is 0 Å². The van der Waals surface area contributed by atoms with E-state index < -0.39 is 0 Å². The van der Waals surface area contributed by atoms with Gasteiger partial charge < -0.3 is 5.73 Å². The number of nitrogens with two attached hydrogens (primary N) is 1. The molecule has 3 nitrogen and oxygen atoms in total. The molecule has 0 spiro atoms. The predicted molar refractivity (Wildman–Crippen MR) is 61.6 cm³/mol. The Morgan fingerprint density at radius 3 is 2.53 bits per heavy atom. The fourth-order valence-electron chi connectivity index (χ4n) is 2.39. The predicted octanol–water partition coefficient (Wildman–Crippen LogP) is 2.87. The van der Waals surface area contributed by atoms with Gasteiger partial charge in [-0.05, 0) is 25.8 Å². The van der Waals surface area contributed by atoms with Crippen LogP contribution in [-0.4, -0.2) is 10.2 Å². The Bertz CT molecular complexity index is 296. The van der Waals surface area contributed by atoms with Crippen LogP contribution < -0.4 is 5.73 Å². The van der Waals surface area contributed by atoms with Gasteiger partial charge in [0.2, 0.25) is 0 Å². The summed E-state index contributed by atoms with van der Waals surface area (Å²) in [4.78, 5) is 0. The van der Waals surface area contributed by atoms with Crippen molar-refractivity contribution in [1.82, 2.24) is 10.2 Å². The molecule has 0 aromatic carbocycles. The molecule has 1 aromatic heterocycles. The van der Waals surface area contributed by atoms with Crippen LogP contribution in [0.25, 0.3) is 0 Å². The van der Waals surface area contributed by atoms with E-state index in [2.05, 4.69) is 16.3 Å². The first kappa shape index (κ1) is 10.7. The van der Waals surface area contributed by atoms with Crippen molar-refractivity contribution in [2.24, 2.45) is 5.73 Å². The lowest BCUT2D eigenvalue weighted by atomic mass is 9.96. The van der Waals surface area contributed by atoms with E-state index in [9.17, 15) is 0 Å². The standard InChI is InChI=1S/C12H21N3/c1-9(13)11-8-12(15-14-11)10-6-4-2-3-5-7-10/h8-10H,2-7,13H2,1H3,(H,14,15). The van der Waals surface area contributed by atoms with Crippen LogP contribution in [0.15, 0.2) is 6.07 Å². The van der Waals surface area contributed by atoms with Crippen molar-refractivity contribution >= 4 is 0 Å². The third-order valence-electron chi connectivity index (χ3n) is 3.38. The molecule has 0 amide bonds. The van der Waals surface area contributed by atoms with Crippen molar-refractivity contribution in [3.63, 3.8) is 0 Å². The van der Waals surface area contributed by atoms with Crippen molar-refractivity contribution in [3.05, 3.63) is 17.5 Å². The molecule has 1 aliphatic rings. The van der Waals surface area contributed by atoms with Crippen molar-refractivity contribution in [2.45, 2.75) is 57.4 Å². The van der Waals surface area contributed by atoms with Gasteiger partial charge >= 0.3 is 0 Å². The van der Waals surface area contributed by atoms with E-state index in [1.165, 1.54) is 44.2 Å². The molecule has 84 valence electrons. The van der Waals surface area contributed by atoms with Crippen LogP contribution in [0.4, 0.5) is 0 Å². The molecule has 1 heterocycles. The molecule has 3 heteroatoms. The number of nitrogens with one attached hydrogen (secondary N) is 1. The molecule has 0 radical (unpaired) electrons. The van der Waals surface area contributed by atoms with Crippen LogP contribution in [0, 0.1) is 0 Å². The lowest BCUT2D eigenvalue weighted by Crippen LogP contribution is -2.04. The summed E-state index contributed by atoms with van der Waals surface area (Å²) >= 11 is 0. The SMILES string of the molecule is CC(N)c1cc(C2CCCCCC2)[nH]n1. The molecule has 1 atom stereocenters. The van der Waals surface area contributed by atoms with E-state index in [4.69, 9.17) is 5.73 Å². The van der Waals surface area contributed by atoms with Crippen molar-refractivity contribution < 1.29 is 0 Å². The Hall–Kier alpha value is -0.830. The summed E-state index contributed by atoms with van der Waals surface area (Å²) in [6.45, 7) is 1.98. The van der Waals surface area contributed by atoms with E-state index in [0.29, 0.717) is 5.92 Å². The number of rotatable bonds is 2. The Morgan fingerprint density at radius 2 is 2.00 bits per heavy atom. The number of aromatic amines is 1. The zero-order valence-corrected chi connectivity index (χ0v) is 9.50. The van der Waals surface area contributed by atoms with Gasteiger partial charge in [-0.2, -0.15) is 5.10 Å². The van der Waals surface area contributed by atoms with E-state index in [1.54, 1.807) is 0 Å². The van der Waals surface area contributed by atoms with Gasteiger partial charge in [0.25, 0.3) is 0 Å². The van der Waals surface area contributed by atoms with Gasteiger partial charge in [0.15, 0.2) is 0 Å². The molecule has 1 saturated carbocycles. The van der Waals surface area contributed by atoms with Gasteiger partial charge in [0, 0.05) is 17.7 Å². The molecule has 3 N–H and O–H groups in total. The Labute approximate surface area is 91.4 Å². The zero-order chi connectivity index (χ0) is 10.7. The normalized spacial score (nSPS) is 21.2. The molecule has 0 saturated heterocycles. The molecule has 1 aliphatic carbocycles. The number of aromatic nitrogens is 2. The van der Waals surface area contributed by atoms with Crippen LogP contribution in [0.1, 0.15) is 68.8 Å². The Kier molecular flexibility index (Phi) is 3.41. The quantitative estimate of drug-likeness (QED) is 0.733. The van der Waals surface area contributed by atoms with Crippen LogP contribution in [0.2, 0.25) is 0 Å². The second-order valence-corrected chi connectivity index (χ2v) is 4.73. The Morgan fingerprint density at radius 1 is 1.33 bits per heavy atom. The molecular formula is C12H21N3. The average Bonchev–Trinajstić information content (AvgIpc) is 2.55. The number of H-pyrrole nitrogens is 1. The highest BCUT2D eigenvalue weighted by atomic mass is 15.1. The molecule has 0 bridgehead atoms. The van der Waals surface area contributed by atoms with Crippen LogP contribution in [-0.2, 0) is 0 Å². The number of nitrogens with zero attached hydrogens (tertiary/aromatic N) is 1. The molecule has 15 heavy (non-hydrogen) atoms. The summed E-state index contributed by atoms with van der Waals surface area (Å²) in [5, 5.41) is 7.43. The summed E-state index contributed by atoms with van der Waals surface area (Å²) in [6.07, 6.45) is 8.12. The molecule has 2 rings (SSSR count). The summed E-state index contributed by atoms with van der Waals surface area (Å²) in [5.41, 5.74) is 8.10. The number of hydrogen-bond acceptors (Lipinski definition) is 2. The number of hydrogen-bond donors (Lipinski definition) is 2. The molecule has 1 unspecified atom stereocenters. The first-order valence-electron chi connectivity index (χ1n) is 6.08. The molecule has 0 aliphatic heterocycles. The minimum atomic E-state index is 0.0424. The summed E-state index contributed by atoms with van der Waals surface area (Å²) in [7, 11) is 0. The first-order chi connectivity index (χ1) is 7.27. The molecular weight excluding hydrogens is 186 g/mol. The highest BCUT2D eigenvalue weighted by Gasteiger charge is 2.17. The highest BCUT2D eigenvalue weighted by molar-refractivity contribution is 5.15. The summed E-state index contributed by atoms with van der Waals surface area (Å²) < 4.78 is 0. The van der Waals surface area contributed by atoms with Crippen LogP contribution in [0.5, 0.6) is 0 Å². The fraction of sp³-hybridized carbons (Fsp3) is 0.750. The average molecular weight is 207 g/mol. The maximum absolute atomic E-state index is 5.80. The smallest absolute Gasteiger partial charge is 0.0789 e. The molecule has 1 fully saturated rings. The van der Waals surface area contributed by atoms with Crippen molar-refractivity contribution in [2.75, 3.05) is 0 Å². The zero-order valence-electron chi connectivity index (χ0n) is 9.50. The summed E-state index contributed by atoms with van der Waals surface area (Å²) in [6, 6.07) is 2.20. The van der Waals surface area contributed by atoms with Gasteiger partial charge in [-0.1, -0.05) is 25.7 Å². The lowest BCUT2D eigenvalue weighted by molar-refractivity contribution is 0.576. The lowest BCUT2D eigenvalue weighted by Gasteiger charge is -2.10. The van der Waals surface area contributed by atoms with Gasteiger partial charge in [-0.15, -0.1) is 0 Å². The van der Waals surface area contributed by atoms with Gasteiger partial charge in [0.05, 0.1) is 5.69 Å². The van der Waals surface area contributed by atoms with Gasteiger partial charge in [-0.25, -0.2) is 0 Å².